The van der Waals surface area contributed by atoms with Gasteiger partial charge >= 0.3 is 0 Å². The molecule has 0 unspecified atom stereocenters. The van der Waals surface area contributed by atoms with Crippen LogP contribution in [0.1, 0.15) is 27.2 Å². The Morgan fingerprint density at radius 3 is 2.42 bits per heavy atom. The topological polar surface area (TPSA) is 40.5 Å². The maximum atomic E-state index is 11.4. The van der Waals surface area contributed by atoms with Crippen molar-refractivity contribution >= 4 is 5.91 Å². The maximum Gasteiger partial charge on any atom is 0.223 e. The lowest BCUT2D eigenvalue weighted by atomic mass is 10.1. The SMILES string of the molecule is CC(C)(C)N1C[C@H](CO)CC1=O. The van der Waals surface area contributed by atoms with Crippen molar-refractivity contribution in [1.29, 1.82) is 0 Å². The summed E-state index contributed by atoms with van der Waals surface area (Å²) in [7, 11) is 0. The van der Waals surface area contributed by atoms with Gasteiger partial charge < -0.3 is 10.0 Å². The predicted molar refractivity (Wildman–Crippen MR) is 46.7 cm³/mol. The molecule has 12 heavy (non-hydrogen) atoms. The molecule has 0 bridgehead atoms. The summed E-state index contributed by atoms with van der Waals surface area (Å²) < 4.78 is 0. The third-order valence-electron chi connectivity index (χ3n) is 2.27. The van der Waals surface area contributed by atoms with Crippen LogP contribution in [-0.4, -0.2) is 34.6 Å². The van der Waals surface area contributed by atoms with Gasteiger partial charge in [-0.1, -0.05) is 0 Å². The lowest BCUT2D eigenvalue weighted by Crippen LogP contribution is -2.42. The van der Waals surface area contributed by atoms with Gasteiger partial charge in [0.05, 0.1) is 0 Å². The highest BCUT2D eigenvalue weighted by molar-refractivity contribution is 5.79. The minimum atomic E-state index is -0.0962. The van der Waals surface area contributed by atoms with E-state index < -0.39 is 0 Å². The molecule has 0 aromatic rings. The Labute approximate surface area is 73.4 Å². The molecule has 70 valence electrons. The van der Waals surface area contributed by atoms with E-state index in [9.17, 15) is 4.79 Å². The first-order valence-electron chi connectivity index (χ1n) is 4.36. The maximum absolute atomic E-state index is 11.4. The van der Waals surface area contributed by atoms with Crippen molar-refractivity contribution in [3.05, 3.63) is 0 Å². The van der Waals surface area contributed by atoms with Crippen LogP contribution in [0.3, 0.4) is 0 Å². The van der Waals surface area contributed by atoms with Gasteiger partial charge in [-0.15, -0.1) is 0 Å². The van der Waals surface area contributed by atoms with Crippen LogP contribution >= 0.6 is 0 Å². The van der Waals surface area contributed by atoms with Crippen molar-refractivity contribution in [2.75, 3.05) is 13.2 Å². The van der Waals surface area contributed by atoms with Gasteiger partial charge in [0.15, 0.2) is 0 Å². The molecule has 3 nitrogen and oxygen atoms in total. The van der Waals surface area contributed by atoms with Crippen molar-refractivity contribution in [2.24, 2.45) is 5.92 Å². The van der Waals surface area contributed by atoms with Crippen molar-refractivity contribution in [3.8, 4) is 0 Å². The molecule has 0 saturated carbocycles. The lowest BCUT2D eigenvalue weighted by molar-refractivity contribution is -0.131. The fourth-order valence-electron chi connectivity index (χ4n) is 1.55. The van der Waals surface area contributed by atoms with Gasteiger partial charge in [0, 0.05) is 31.0 Å². The van der Waals surface area contributed by atoms with Crippen LogP contribution in [0.15, 0.2) is 0 Å². The molecule has 1 rings (SSSR count). The molecule has 1 amide bonds. The molecule has 3 heteroatoms. The molecular weight excluding hydrogens is 154 g/mol. The third kappa shape index (κ3) is 1.78. The second-order valence-corrected chi connectivity index (χ2v) is 4.43. The minimum Gasteiger partial charge on any atom is -0.396 e. The van der Waals surface area contributed by atoms with Crippen molar-refractivity contribution in [2.45, 2.75) is 32.7 Å². The summed E-state index contributed by atoms with van der Waals surface area (Å²) in [6, 6.07) is 0. The first-order chi connectivity index (χ1) is 5.45. The largest absolute Gasteiger partial charge is 0.396 e. The van der Waals surface area contributed by atoms with E-state index >= 15 is 0 Å². The van der Waals surface area contributed by atoms with Gasteiger partial charge in [-0.3, -0.25) is 4.79 Å². The van der Waals surface area contributed by atoms with Gasteiger partial charge in [-0.05, 0) is 20.8 Å². The van der Waals surface area contributed by atoms with Gasteiger partial charge in [0.2, 0.25) is 5.91 Å². The minimum absolute atomic E-state index is 0.0962. The Balaban J connectivity index is 2.64. The highest BCUT2D eigenvalue weighted by atomic mass is 16.3. The van der Waals surface area contributed by atoms with Gasteiger partial charge in [0.25, 0.3) is 0 Å². The molecule has 0 spiro atoms. The number of carbonyl (C=O) groups excluding carboxylic acids is 1. The van der Waals surface area contributed by atoms with E-state index in [2.05, 4.69) is 0 Å². The normalized spacial score (nSPS) is 25.2. The fourth-order valence-corrected chi connectivity index (χ4v) is 1.55. The Kier molecular flexibility index (Phi) is 2.42. The van der Waals surface area contributed by atoms with E-state index in [1.54, 1.807) is 0 Å². The third-order valence-corrected chi connectivity index (χ3v) is 2.27. The van der Waals surface area contributed by atoms with Crippen LogP contribution in [0, 0.1) is 5.92 Å². The average molecular weight is 171 g/mol. The predicted octanol–water partition coefficient (Wildman–Crippen LogP) is 0.626. The number of likely N-dealkylation sites (tertiary alicyclic amines) is 1. The monoisotopic (exact) mass is 171 g/mol. The summed E-state index contributed by atoms with van der Waals surface area (Å²) in [5.74, 6) is 0.318. The van der Waals surface area contributed by atoms with E-state index in [1.807, 2.05) is 25.7 Å². The molecule has 1 saturated heterocycles. The lowest BCUT2D eigenvalue weighted by Gasteiger charge is -2.31. The number of carbonyl (C=O) groups is 1. The van der Waals surface area contributed by atoms with E-state index in [4.69, 9.17) is 5.11 Å². The van der Waals surface area contributed by atoms with Crippen LogP contribution in [0.5, 0.6) is 0 Å². The second kappa shape index (κ2) is 3.05. The van der Waals surface area contributed by atoms with E-state index in [0.717, 1.165) is 0 Å². The molecule has 1 aliphatic rings. The molecule has 0 aromatic carbocycles. The molecule has 1 N–H and O–H groups in total. The fraction of sp³-hybridized carbons (Fsp3) is 0.889. The van der Waals surface area contributed by atoms with Crippen LogP contribution in [-0.2, 0) is 4.79 Å². The zero-order valence-electron chi connectivity index (χ0n) is 8.00. The van der Waals surface area contributed by atoms with Crippen LogP contribution in [0.2, 0.25) is 0 Å². The number of aliphatic hydroxyl groups excluding tert-OH is 1. The van der Waals surface area contributed by atoms with Crippen LogP contribution in [0.4, 0.5) is 0 Å². The Morgan fingerprint density at radius 2 is 2.17 bits per heavy atom. The summed E-state index contributed by atoms with van der Waals surface area (Å²) in [4.78, 5) is 13.2. The Morgan fingerprint density at radius 1 is 1.58 bits per heavy atom. The molecule has 0 aliphatic carbocycles. The van der Waals surface area contributed by atoms with Crippen molar-refractivity contribution < 1.29 is 9.90 Å². The molecule has 1 heterocycles. The van der Waals surface area contributed by atoms with E-state index in [1.165, 1.54) is 0 Å². The first kappa shape index (κ1) is 9.52. The summed E-state index contributed by atoms with van der Waals surface area (Å²) in [5.41, 5.74) is -0.0962. The smallest absolute Gasteiger partial charge is 0.223 e. The van der Waals surface area contributed by atoms with Gasteiger partial charge in [-0.2, -0.15) is 0 Å². The summed E-state index contributed by atoms with van der Waals surface area (Å²) in [6.07, 6.45) is 0.508. The van der Waals surface area contributed by atoms with E-state index in [-0.39, 0.29) is 24.0 Å². The van der Waals surface area contributed by atoms with Crippen molar-refractivity contribution in [1.82, 2.24) is 4.90 Å². The van der Waals surface area contributed by atoms with Gasteiger partial charge in [-0.25, -0.2) is 0 Å². The van der Waals surface area contributed by atoms with Crippen molar-refractivity contribution in [3.63, 3.8) is 0 Å². The zero-order chi connectivity index (χ0) is 9.35. The number of amides is 1. The zero-order valence-corrected chi connectivity index (χ0v) is 8.00. The summed E-state index contributed by atoms with van der Waals surface area (Å²) in [5, 5.41) is 8.89. The Hall–Kier alpha value is -0.570. The quantitative estimate of drug-likeness (QED) is 0.628. The molecule has 1 fully saturated rings. The molecule has 1 atom stereocenters. The Bertz CT molecular complexity index is 183. The number of aliphatic hydroxyl groups is 1. The first-order valence-corrected chi connectivity index (χ1v) is 4.36. The number of rotatable bonds is 1. The molecular formula is C9H17NO2. The highest BCUT2D eigenvalue weighted by Crippen LogP contribution is 2.24. The number of hydrogen-bond donors (Lipinski definition) is 1. The van der Waals surface area contributed by atoms with E-state index in [0.29, 0.717) is 13.0 Å². The second-order valence-electron chi connectivity index (χ2n) is 4.43. The average Bonchev–Trinajstić information content (AvgIpc) is 2.29. The number of hydrogen-bond acceptors (Lipinski definition) is 2. The number of nitrogens with zero attached hydrogens (tertiary/aromatic N) is 1. The summed E-state index contributed by atoms with van der Waals surface area (Å²) >= 11 is 0. The highest BCUT2D eigenvalue weighted by Gasteiger charge is 2.35. The molecule has 0 radical (unpaired) electrons. The molecule has 1 aliphatic heterocycles. The summed E-state index contributed by atoms with van der Waals surface area (Å²) in [6.45, 7) is 6.89. The molecule has 0 aromatic heterocycles. The van der Waals surface area contributed by atoms with Gasteiger partial charge in [0.1, 0.15) is 0 Å². The standard InChI is InChI=1S/C9H17NO2/c1-9(2,3)10-5-7(6-11)4-8(10)12/h7,11H,4-6H2,1-3H3/t7-/m1/s1. The van der Waals surface area contributed by atoms with Crippen LogP contribution in [0.25, 0.3) is 0 Å². The van der Waals surface area contributed by atoms with Crippen LogP contribution < -0.4 is 0 Å².